The Labute approximate surface area is 219 Å². The summed E-state index contributed by atoms with van der Waals surface area (Å²) in [6, 6.07) is 7.49. The smallest absolute Gasteiger partial charge is 0.333 e. The Morgan fingerprint density at radius 1 is 1.13 bits per heavy atom. The molecule has 1 aromatic heterocycles. The van der Waals surface area contributed by atoms with Gasteiger partial charge in [0.2, 0.25) is 5.91 Å². The first kappa shape index (κ1) is 26.6. The number of fused-ring (bicyclic) bond motifs is 1. The molecule has 3 fully saturated rings. The number of amides is 1. The van der Waals surface area contributed by atoms with Crippen LogP contribution in [0, 0.1) is 0 Å². The number of hydrogen-bond acceptors (Lipinski definition) is 9. The van der Waals surface area contributed by atoms with Gasteiger partial charge >= 0.3 is 5.69 Å². The molecular formula is C26H34N4O8. The molecule has 3 aliphatic rings. The van der Waals surface area contributed by atoms with E-state index in [2.05, 4.69) is 5.32 Å². The van der Waals surface area contributed by atoms with Gasteiger partial charge in [-0.05, 0) is 45.0 Å². The number of aromatic nitrogens is 2. The molecule has 0 saturated carbocycles. The van der Waals surface area contributed by atoms with Crippen molar-refractivity contribution in [2.45, 2.75) is 69.3 Å². The number of methoxy groups -OCH3 is 1. The summed E-state index contributed by atoms with van der Waals surface area (Å²) in [6.07, 6.45) is -2.59. The lowest BCUT2D eigenvalue weighted by Gasteiger charge is -2.33. The molecule has 0 bridgehead atoms. The van der Waals surface area contributed by atoms with Crippen molar-refractivity contribution in [1.82, 2.24) is 19.4 Å². The van der Waals surface area contributed by atoms with Crippen molar-refractivity contribution in [3.8, 4) is 5.75 Å². The zero-order valence-electron chi connectivity index (χ0n) is 21.9. The van der Waals surface area contributed by atoms with Gasteiger partial charge in [0.25, 0.3) is 5.56 Å². The van der Waals surface area contributed by atoms with Gasteiger partial charge < -0.3 is 29.4 Å². The van der Waals surface area contributed by atoms with Crippen molar-refractivity contribution in [2.75, 3.05) is 27.2 Å². The van der Waals surface area contributed by atoms with Gasteiger partial charge in [-0.25, -0.2) is 4.79 Å². The Morgan fingerprint density at radius 3 is 2.55 bits per heavy atom. The van der Waals surface area contributed by atoms with Crippen LogP contribution in [0.5, 0.6) is 5.75 Å². The molecule has 6 atom stereocenters. The molecule has 1 aromatic carbocycles. The fraction of sp³-hybridized carbons (Fsp3) is 0.577. The highest BCUT2D eigenvalue weighted by atomic mass is 16.8. The van der Waals surface area contributed by atoms with Crippen LogP contribution >= 0.6 is 0 Å². The Balaban J connectivity index is 1.47. The number of nitrogens with one attached hydrogen (secondary N) is 1. The molecule has 0 radical (unpaired) electrons. The molecular weight excluding hydrogens is 496 g/mol. The first-order chi connectivity index (χ1) is 18.1. The molecule has 206 valence electrons. The molecule has 38 heavy (non-hydrogen) atoms. The monoisotopic (exact) mass is 530 g/mol. The number of carbonyl (C=O) groups is 1. The average molecular weight is 531 g/mol. The number of rotatable bonds is 6. The molecule has 2 aromatic rings. The highest BCUT2D eigenvalue weighted by Gasteiger charge is 2.59. The molecule has 1 amide bonds. The maximum absolute atomic E-state index is 13.6. The summed E-state index contributed by atoms with van der Waals surface area (Å²) in [5.41, 5.74) is -0.316. The molecule has 12 nitrogen and oxygen atoms in total. The highest BCUT2D eigenvalue weighted by Crippen LogP contribution is 2.44. The van der Waals surface area contributed by atoms with E-state index in [1.807, 2.05) is 0 Å². The fourth-order valence-corrected chi connectivity index (χ4v) is 5.47. The van der Waals surface area contributed by atoms with E-state index in [9.17, 15) is 19.5 Å². The SMILES string of the molecule is COc1ccc(Cn2c(=O)ccn([C@@H]3O[C@H]([C@H](O)[C@H]4C(=O)NCCCN4C)[C@H]4OC(C)(C)O[C@H]43)c2=O)cc1. The standard InChI is InChI=1S/C26H34N4O8/c1-26(2)37-21-20(19(32)18-23(33)27-11-5-12-28(18)3)36-24(22(21)38-26)29-13-10-17(31)30(25(29)34)14-15-6-8-16(35-4)9-7-15/h6-10,13,18-22,24,32H,5,11-12,14H2,1-4H3,(H,27,33)/t18-,19+,20+,21+,22+,24+/m0/s1. The summed E-state index contributed by atoms with van der Waals surface area (Å²) in [5, 5.41) is 14.2. The number of likely N-dealkylation sites (N-methyl/N-ethyl adjacent to an activating group) is 1. The maximum Gasteiger partial charge on any atom is 0.333 e. The lowest BCUT2D eigenvalue weighted by molar-refractivity contribution is -0.211. The van der Waals surface area contributed by atoms with E-state index < -0.39 is 53.7 Å². The second-order valence-electron chi connectivity index (χ2n) is 10.4. The average Bonchev–Trinajstić information content (AvgIpc) is 3.31. The van der Waals surface area contributed by atoms with Crippen LogP contribution in [0.3, 0.4) is 0 Å². The zero-order valence-corrected chi connectivity index (χ0v) is 21.9. The summed E-state index contributed by atoms with van der Waals surface area (Å²) >= 11 is 0. The van der Waals surface area contributed by atoms with Crippen molar-refractivity contribution in [3.05, 3.63) is 62.9 Å². The highest BCUT2D eigenvalue weighted by molar-refractivity contribution is 5.82. The summed E-state index contributed by atoms with van der Waals surface area (Å²) in [5.74, 6) is -0.645. The van der Waals surface area contributed by atoms with E-state index in [1.165, 1.54) is 16.8 Å². The van der Waals surface area contributed by atoms with Gasteiger partial charge in [-0.15, -0.1) is 0 Å². The predicted octanol–water partition coefficient (Wildman–Crippen LogP) is -0.334. The predicted molar refractivity (Wildman–Crippen MR) is 135 cm³/mol. The van der Waals surface area contributed by atoms with Gasteiger partial charge in [-0.1, -0.05) is 12.1 Å². The Morgan fingerprint density at radius 2 is 1.84 bits per heavy atom. The number of ether oxygens (including phenoxy) is 4. The van der Waals surface area contributed by atoms with E-state index in [0.717, 1.165) is 16.6 Å². The molecule has 0 unspecified atom stereocenters. The van der Waals surface area contributed by atoms with Crippen LogP contribution in [-0.4, -0.2) is 88.5 Å². The second kappa shape index (κ2) is 10.3. The fourth-order valence-electron chi connectivity index (χ4n) is 5.47. The number of benzene rings is 1. The minimum atomic E-state index is -1.26. The van der Waals surface area contributed by atoms with Crippen molar-refractivity contribution < 1.29 is 28.8 Å². The van der Waals surface area contributed by atoms with E-state index >= 15 is 0 Å². The lowest BCUT2D eigenvalue weighted by atomic mass is 9.98. The van der Waals surface area contributed by atoms with Gasteiger partial charge in [0, 0.05) is 25.4 Å². The number of aliphatic hydroxyl groups excluding tert-OH is 1. The Kier molecular flexibility index (Phi) is 7.18. The quantitative estimate of drug-likeness (QED) is 0.515. The minimum Gasteiger partial charge on any atom is -0.497 e. The summed E-state index contributed by atoms with van der Waals surface area (Å²) in [6.45, 7) is 4.66. The van der Waals surface area contributed by atoms with Crippen molar-refractivity contribution in [2.24, 2.45) is 0 Å². The molecule has 0 aliphatic carbocycles. The number of hydrogen-bond donors (Lipinski definition) is 2. The third-order valence-electron chi connectivity index (χ3n) is 7.32. The van der Waals surface area contributed by atoms with Crippen molar-refractivity contribution >= 4 is 5.91 Å². The summed E-state index contributed by atoms with van der Waals surface area (Å²) in [4.78, 5) is 40.9. The molecule has 5 rings (SSSR count). The molecule has 3 saturated heterocycles. The number of nitrogens with zero attached hydrogens (tertiary/aromatic N) is 3. The van der Waals surface area contributed by atoms with Gasteiger partial charge in [0.15, 0.2) is 12.0 Å². The Bertz CT molecular complexity index is 1290. The topological polar surface area (TPSA) is 133 Å². The van der Waals surface area contributed by atoms with Gasteiger partial charge in [0.05, 0.1) is 13.7 Å². The van der Waals surface area contributed by atoms with Gasteiger partial charge in [0.1, 0.15) is 36.2 Å². The van der Waals surface area contributed by atoms with Crippen LogP contribution in [0.15, 0.2) is 46.1 Å². The van der Waals surface area contributed by atoms with E-state index in [0.29, 0.717) is 18.8 Å². The summed E-state index contributed by atoms with van der Waals surface area (Å²) in [7, 11) is 3.34. The van der Waals surface area contributed by atoms with Crippen molar-refractivity contribution in [1.29, 1.82) is 0 Å². The Hall–Kier alpha value is -3.03. The van der Waals surface area contributed by atoms with Crippen LogP contribution in [0.25, 0.3) is 0 Å². The van der Waals surface area contributed by atoms with Gasteiger partial charge in [-0.3, -0.25) is 23.6 Å². The molecule has 4 heterocycles. The number of carbonyl (C=O) groups excluding carboxylic acids is 1. The maximum atomic E-state index is 13.6. The second-order valence-corrected chi connectivity index (χ2v) is 10.4. The minimum absolute atomic E-state index is 0.0469. The van der Waals surface area contributed by atoms with Crippen LogP contribution in [0.2, 0.25) is 0 Å². The van der Waals surface area contributed by atoms with Crippen LogP contribution < -0.4 is 21.3 Å². The first-order valence-electron chi connectivity index (χ1n) is 12.7. The lowest BCUT2D eigenvalue weighted by Crippen LogP contribution is -2.56. The zero-order chi connectivity index (χ0) is 27.2. The van der Waals surface area contributed by atoms with E-state index in [1.54, 1.807) is 57.2 Å². The largest absolute Gasteiger partial charge is 0.497 e. The van der Waals surface area contributed by atoms with Crippen LogP contribution in [0.1, 0.15) is 32.1 Å². The number of aliphatic hydroxyl groups is 1. The molecule has 2 N–H and O–H groups in total. The van der Waals surface area contributed by atoms with Crippen molar-refractivity contribution in [3.63, 3.8) is 0 Å². The molecule has 12 heteroatoms. The molecule has 0 spiro atoms. The summed E-state index contributed by atoms with van der Waals surface area (Å²) < 4.78 is 26.0. The van der Waals surface area contributed by atoms with E-state index in [4.69, 9.17) is 18.9 Å². The van der Waals surface area contributed by atoms with Gasteiger partial charge in [-0.2, -0.15) is 0 Å². The third-order valence-corrected chi connectivity index (χ3v) is 7.32. The normalized spacial score (nSPS) is 29.9. The van der Waals surface area contributed by atoms with Crippen LogP contribution in [0.4, 0.5) is 0 Å². The van der Waals surface area contributed by atoms with Crippen LogP contribution in [-0.2, 0) is 25.5 Å². The molecule has 3 aliphatic heterocycles. The third kappa shape index (κ3) is 4.90. The van der Waals surface area contributed by atoms with E-state index in [-0.39, 0.29) is 12.5 Å². The first-order valence-corrected chi connectivity index (χ1v) is 12.7.